The van der Waals surface area contributed by atoms with Gasteiger partial charge >= 0.3 is 0 Å². The van der Waals surface area contributed by atoms with Gasteiger partial charge in [0.05, 0.1) is 26.9 Å². The third kappa shape index (κ3) is 6.16. The van der Waals surface area contributed by atoms with Gasteiger partial charge < -0.3 is 19.3 Å². The second kappa shape index (κ2) is 11.6. The predicted molar refractivity (Wildman–Crippen MR) is 143 cm³/mol. The maximum absolute atomic E-state index is 14.8. The van der Waals surface area contributed by atoms with Gasteiger partial charge in [-0.2, -0.15) is 5.10 Å². The molecule has 0 bridgehead atoms. The smallest absolute Gasteiger partial charge is 0.177 e. The van der Waals surface area contributed by atoms with Gasteiger partial charge in [-0.1, -0.05) is 37.3 Å². The third-order valence-corrected chi connectivity index (χ3v) is 7.28. The van der Waals surface area contributed by atoms with Gasteiger partial charge in [0.2, 0.25) is 0 Å². The predicted octanol–water partition coefficient (Wildman–Crippen LogP) is 5.33. The van der Waals surface area contributed by atoms with E-state index in [2.05, 4.69) is 16.1 Å². The fourth-order valence-corrected chi connectivity index (χ4v) is 5.07. The van der Waals surface area contributed by atoms with Crippen molar-refractivity contribution in [2.45, 2.75) is 31.8 Å². The Kier molecular flexibility index (Phi) is 8.02. The van der Waals surface area contributed by atoms with Gasteiger partial charge in [-0.3, -0.25) is 0 Å². The molecule has 0 amide bonds. The Morgan fingerprint density at radius 2 is 1.87 bits per heavy atom. The molecule has 1 N–H and O–H groups in total. The fourth-order valence-electron chi connectivity index (χ4n) is 5.07. The van der Waals surface area contributed by atoms with Crippen molar-refractivity contribution >= 4 is 16.8 Å². The summed E-state index contributed by atoms with van der Waals surface area (Å²) in [6.45, 7) is 2.64. The van der Waals surface area contributed by atoms with Crippen LogP contribution in [-0.2, 0) is 21.6 Å². The number of ether oxygens (including phenoxy) is 3. The minimum Gasteiger partial charge on any atom is -0.497 e. The van der Waals surface area contributed by atoms with E-state index in [9.17, 15) is 13.9 Å². The standard InChI is InChI=1S/C30H31F2N3O4/c1-20(30(36,17-35-19-33-18-34-35)27-9-7-25(31)14-28(27)32)11-22-15-38-29(39-16-22)10-4-21-3-5-24-13-26(37-2)8-6-23(24)12-21/h3-10,12-14,18-20,22,29,36H,11,15-17H2,1-2H3. The molecule has 0 saturated carbocycles. The Morgan fingerprint density at radius 3 is 2.59 bits per heavy atom. The van der Waals surface area contributed by atoms with Gasteiger partial charge in [0.15, 0.2) is 6.29 Å². The number of benzene rings is 3. The minimum atomic E-state index is -1.65. The van der Waals surface area contributed by atoms with E-state index in [1.54, 1.807) is 7.11 Å². The lowest BCUT2D eigenvalue weighted by molar-refractivity contribution is -0.180. The number of aromatic nitrogens is 3. The molecule has 2 atom stereocenters. The van der Waals surface area contributed by atoms with Crippen LogP contribution in [0.4, 0.5) is 8.78 Å². The Bertz CT molecular complexity index is 1440. The molecular formula is C30H31F2N3O4. The summed E-state index contributed by atoms with van der Waals surface area (Å²) < 4.78 is 47.0. The van der Waals surface area contributed by atoms with Crippen molar-refractivity contribution in [2.75, 3.05) is 20.3 Å². The van der Waals surface area contributed by atoms with E-state index in [1.807, 2.05) is 49.4 Å². The maximum atomic E-state index is 14.8. The van der Waals surface area contributed by atoms with Crippen LogP contribution < -0.4 is 4.74 Å². The van der Waals surface area contributed by atoms with Crippen molar-refractivity contribution in [1.82, 2.24) is 14.8 Å². The molecule has 1 saturated heterocycles. The lowest BCUT2D eigenvalue weighted by Gasteiger charge is -2.38. The maximum Gasteiger partial charge on any atom is 0.177 e. The zero-order valence-corrected chi connectivity index (χ0v) is 21.8. The third-order valence-electron chi connectivity index (χ3n) is 7.28. The van der Waals surface area contributed by atoms with Crippen molar-refractivity contribution in [3.05, 3.63) is 96.1 Å². The molecule has 7 nitrogen and oxygen atoms in total. The number of nitrogens with zero attached hydrogens (tertiary/aromatic N) is 3. The summed E-state index contributed by atoms with van der Waals surface area (Å²) in [6, 6.07) is 15.3. The highest BCUT2D eigenvalue weighted by Gasteiger charge is 2.40. The number of hydrogen-bond acceptors (Lipinski definition) is 6. The Balaban J connectivity index is 1.22. The van der Waals surface area contributed by atoms with Crippen LogP contribution in [-0.4, -0.2) is 46.5 Å². The van der Waals surface area contributed by atoms with Gasteiger partial charge in [0.25, 0.3) is 0 Å². The first-order valence-corrected chi connectivity index (χ1v) is 12.8. The Hall–Kier alpha value is -3.66. The zero-order chi connectivity index (χ0) is 27.4. The van der Waals surface area contributed by atoms with Gasteiger partial charge in [-0.25, -0.2) is 18.4 Å². The lowest BCUT2D eigenvalue weighted by Crippen LogP contribution is -2.42. The summed E-state index contributed by atoms with van der Waals surface area (Å²) in [5.41, 5.74) is -0.614. The molecule has 204 valence electrons. The molecule has 39 heavy (non-hydrogen) atoms. The number of fused-ring (bicyclic) bond motifs is 1. The van der Waals surface area contributed by atoms with E-state index in [1.165, 1.54) is 23.4 Å². The van der Waals surface area contributed by atoms with Gasteiger partial charge in [0.1, 0.15) is 35.6 Å². The molecule has 1 fully saturated rings. The van der Waals surface area contributed by atoms with Crippen molar-refractivity contribution in [3.8, 4) is 5.75 Å². The molecule has 0 radical (unpaired) electrons. The number of aliphatic hydroxyl groups is 1. The first kappa shape index (κ1) is 26.9. The van der Waals surface area contributed by atoms with Crippen LogP contribution in [0.15, 0.2) is 73.3 Å². The van der Waals surface area contributed by atoms with Crippen LogP contribution in [0, 0.1) is 23.5 Å². The van der Waals surface area contributed by atoms with Crippen LogP contribution in [0.3, 0.4) is 0 Å². The molecule has 3 aromatic carbocycles. The second-order valence-electron chi connectivity index (χ2n) is 10.0. The van der Waals surface area contributed by atoms with E-state index < -0.39 is 29.4 Å². The summed E-state index contributed by atoms with van der Waals surface area (Å²) in [4.78, 5) is 3.92. The number of halogens is 2. The number of rotatable bonds is 9. The van der Waals surface area contributed by atoms with Crippen molar-refractivity contribution in [3.63, 3.8) is 0 Å². The molecule has 5 rings (SSSR count). The Labute approximate surface area is 225 Å². The summed E-state index contributed by atoms with van der Waals surface area (Å²) in [6.07, 6.45) is 6.64. The minimum absolute atomic E-state index is 0.0131. The van der Waals surface area contributed by atoms with Crippen LogP contribution >= 0.6 is 0 Å². The Morgan fingerprint density at radius 1 is 1.10 bits per heavy atom. The summed E-state index contributed by atoms with van der Waals surface area (Å²) in [7, 11) is 1.65. The SMILES string of the molecule is COc1ccc2cc(C=CC3OCC(CC(C)C(O)(Cn4cncn4)c4ccc(F)cc4F)CO3)ccc2c1. The summed E-state index contributed by atoms with van der Waals surface area (Å²) in [5.74, 6) is -1.14. The largest absolute Gasteiger partial charge is 0.497 e. The number of hydrogen-bond donors (Lipinski definition) is 1. The highest BCUT2D eigenvalue weighted by Crippen LogP contribution is 2.37. The van der Waals surface area contributed by atoms with Crippen molar-refractivity contribution in [2.24, 2.45) is 11.8 Å². The molecule has 1 aliphatic rings. The summed E-state index contributed by atoms with van der Waals surface area (Å²) >= 11 is 0. The molecule has 1 aromatic heterocycles. The van der Waals surface area contributed by atoms with Crippen LogP contribution in [0.2, 0.25) is 0 Å². The monoisotopic (exact) mass is 535 g/mol. The van der Waals surface area contributed by atoms with Crippen LogP contribution in [0.25, 0.3) is 16.8 Å². The average Bonchev–Trinajstić information content (AvgIpc) is 3.45. The van der Waals surface area contributed by atoms with E-state index in [4.69, 9.17) is 14.2 Å². The van der Waals surface area contributed by atoms with E-state index >= 15 is 0 Å². The molecule has 4 aromatic rings. The topological polar surface area (TPSA) is 78.6 Å². The molecule has 0 spiro atoms. The van der Waals surface area contributed by atoms with Crippen molar-refractivity contribution in [1.29, 1.82) is 0 Å². The van der Waals surface area contributed by atoms with Gasteiger partial charge in [-0.05, 0) is 59.0 Å². The van der Waals surface area contributed by atoms with E-state index in [0.717, 1.165) is 34.2 Å². The molecule has 1 aliphatic heterocycles. The average molecular weight is 536 g/mol. The second-order valence-corrected chi connectivity index (χ2v) is 10.0. The summed E-state index contributed by atoms with van der Waals surface area (Å²) in [5, 5.41) is 18.0. The normalized spacial score (nSPS) is 20.2. The zero-order valence-electron chi connectivity index (χ0n) is 21.8. The van der Waals surface area contributed by atoms with Gasteiger partial charge in [0, 0.05) is 17.5 Å². The van der Waals surface area contributed by atoms with Crippen LogP contribution in [0.1, 0.15) is 24.5 Å². The van der Waals surface area contributed by atoms with E-state index in [0.29, 0.717) is 19.6 Å². The molecular weight excluding hydrogens is 504 g/mol. The highest BCUT2D eigenvalue weighted by atomic mass is 19.1. The molecule has 2 heterocycles. The molecule has 0 aliphatic carbocycles. The molecule has 9 heteroatoms. The first-order valence-electron chi connectivity index (χ1n) is 12.8. The molecule has 2 unspecified atom stereocenters. The fraction of sp³-hybridized carbons (Fsp3) is 0.333. The van der Waals surface area contributed by atoms with Crippen LogP contribution in [0.5, 0.6) is 5.75 Å². The van der Waals surface area contributed by atoms with E-state index in [-0.39, 0.29) is 18.0 Å². The lowest BCUT2D eigenvalue weighted by atomic mass is 9.77. The highest BCUT2D eigenvalue weighted by molar-refractivity contribution is 5.86. The van der Waals surface area contributed by atoms with Gasteiger partial charge in [-0.15, -0.1) is 0 Å². The quantitative estimate of drug-likeness (QED) is 0.312. The first-order chi connectivity index (χ1) is 18.8. The van der Waals surface area contributed by atoms with Crippen molar-refractivity contribution < 1.29 is 28.1 Å². The number of methoxy groups -OCH3 is 1.